The summed E-state index contributed by atoms with van der Waals surface area (Å²) in [4.78, 5) is 0. The smallest absolute Gasteiger partial charge is 0.0409 e. The van der Waals surface area contributed by atoms with Crippen LogP contribution in [0.5, 0.6) is 0 Å². The minimum atomic E-state index is 0.440. The van der Waals surface area contributed by atoms with Gasteiger partial charge in [-0.3, -0.25) is 0 Å². The first kappa shape index (κ1) is 12.5. The monoisotopic (exact) mass is 225 g/mol. The van der Waals surface area contributed by atoms with Crippen molar-refractivity contribution < 1.29 is 0 Å². The Morgan fingerprint density at radius 2 is 2.13 bits per heavy atom. The Bertz CT molecular complexity index is 286. The fraction of sp³-hybridized carbons (Fsp3) is 0.538. The summed E-state index contributed by atoms with van der Waals surface area (Å²) in [6, 6.07) is 8.56. The van der Waals surface area contributed by atoms with Gasteiger partial charge in [0.1, 0.15) is 0 Å². The fourth-order valence-corrected chi connectivity index (χ4v) is 1.87. The van der Waals surface area contributed by atoms with Crippen molar-refractivity contribution in [2.45, 2.75) is 39.2 Å². The van der Waals surface area contributed by atoms with Gasteiger partial charge >= 0.3 is 0 Å². The van der Waals surface area contributed by atoms with Gasteiger partial charge in [-0.15, -0.1) is 0 Å². The standard InChI is InChI=1S/C13H20ClN/c1-3-5-9-15-13(4-2)11-7-6-8-12(14)10-11/h6-8,10,13,15H,3-5,9H2,1-2H3. The molecule has 84 valence electrons. The number of hydrogen-bond acceptors (Lipinski definition) is 1. The summed E-state index contributed by atoms with van der Waals surface area (Å²) in [5, 5.41) is 4.38. The lowest BCUT2D eigenvalue weighted by Gasteiger charge is -2.17. The molecule has 1 unspecified atom stereocenters. The quantitative estimate of drug-likeness (QED) is 0.717. The van der Waals surface area contributed by atoms with Crippen LogP contribution in [0.4, 0.5) is 0 Å². The normalized spacial score (nSPS) is 12.7. The van der Waals surface area contributed by atoms with Crippen LogP contribution < -0.4 is 5.32 Å². The zero-order valence-electron chi connectivity index (χ0n) is 9.59. The maximum Gasteiger partial charge on any atom is 0.0409 e. The number of unbranched alkanes of at least 4 members (excludes halogenated alkanes) is 1. The Kier molecular flexibility index (Phi) is 5.74. The van der Waals surface area contributed by atoms with Crippen LogP contribution in [0.2, 0.25) is 5.02 Å². The average Bonchev–Trinajstić information content (AvgIpc) is 2.24. The highest BCUT2D eigenvalue weighted by Crippen LogP contribution is 2.20. The average molecular weight is 226 g/mol. The molecule has 0 amide bonds. The molecular formula is C13H20ClN. The summed E-state index contributed by atoms with van der Waals surface area (Å²) in [7, 11) is 0. The van der Waals surface area contributed by atoms with Crippen molar-refractivity contribution in [2.24, 2.45) is 0 Å². The second-order valence-corrected chi connectivity index (χ2v) is 4.26. The van der Waals surface area contributed by atoms with Crippen LogP contribution in [-0.4, -0.2) is 6.54 Å². The predicted molar refractivity (Wildman–Crippen MR) is 67.4 cm³/mol. The van der Waals surface area contributed by atoms with Crippen molar-refractivity contribution in [3.8, 4) is 0 Å². The second-order valence-electron chi connectivity index (χ2n) is 3.82. The van der Waals surface area contributed by atoms with Gasteiger partial charge in [0.15, 0.2) is 0 Å². The van der Waals surface area contributed by atoms with Crippen molar-refractivity contribution in [3.63, 3.8) is 0 Å². The third-order valence-corrected chi connectivity index (χ3v) is 2.82. The highest BCUT2D eigenvalue weighted by atomic mass is 35.5. The minimum Gasteiger partial charge on any atom is -0.310 e. The highest BCUT2D eigenvalue weighted by Gasteiger charge is 2.07. The molecule has 1 N–H and O–H groups in total. The third-order valence-electron chi connectivity index (χ3n) is 2.58. The van der Waals surface area contributed by atoms with Crippen molar-refractivity contribution in [1.82, 2.24) is 5.32 Å². The number of rotatable bonds is 6. The van der Waals surface area contributed by atoms with E-state index in [-0.39, 0.29) is 0 Å². The fourth-order valence-electron chi connectivity index (χ4n) is 1.67. The van der Waals surface area contributed by atoms with E-state index < -0.39 is 0 Å². The molecule has 0 saturated heterocycles. The summed E-state index contributed by atoms with van der Waals surface area (Å²) in [5.41, 5.74) is 1.29. The summed E-state index contributed by atoms with van der Waals surface area (Å²) in [6.45, 7) is 5.49. The van der Waals surface area contributed by atoms with Crippen molar-refractivity contribution in [1.29, 1.82) is 0 Å². The van der Waals surface area contributed by atoms with Gasteiger partial charge in [0, 0.05) is 11.1 Å². The Labute approximate surface area is 97.8 Å². The number of benzene rings is 1. The lowest BCUT2D eigenvalue weighted by molar-refractivity contribution is 0.508. The van der Waals surface area contributed by atoms with Crippen molar-refractivity contribution in [2.75, 3.05) is 6.54 Å². The summed E-state index contributed by atoms with van der Waals surface area (Å²) >= 11 is 5.98. The summed E-state index contributed by atoms with van der Waals surface area (Å²) < 4.78 is 0. The van der Waals surface area contributed by atoms with E-state index in [1.165, 1.54) is 18.4 Å². The molecular weight excluding hydrogens is 206 g/mol. The van der Waals surface area contributed by atoms with Crippen LogP contribution in [0.25, 0.3) is 0 Å². The Balaban J connectivity index is 2.57. The molecule has 1 nitrogen and oxygen atoms in total. The van der Waals surface area contributed by atoms with Gasteiger partial charge in [-0.05, 0) is 37.1 Å². The van der Waals surface area contributed by atoms with Crippen LogP contribution in [0.1, 0.15) is 44.7 Å². The molecule has 0 spiro atoms. The molecule has 1 aromatic carbocycles. The highest BCUT2D eigenvalue weighted by molar-refractivity contribution is 6.30. The van der Waals surface area contributed by atoms with E-state index >= 15 is 0 Å². The van der Waals surface area contributed by atoms with E-state index in [1.54, 1.807) is 0 Å². The minimum absolute atomic E-state index is 0.440. The van der Waals surface area contributed by atoms with Crippen molar-refractivity contribution in [3.05, 3.63) is 34.9 Å². The van der Waals surface area contributed by atoms with Gasteiger partial charge in [0.05, 0.1) is 0 Å². The maximum atomic E-state index is 5.98. The van der Waals surface area contributed by atoms with Crippen LogP contribution >= 0.6 is 11.6 Å². The maximum absolute atomic E-state index is 5.98. The van der Waals surface area contributed by atoms with Gasteiger partial charge in [-0.25, -0.2) is 0 Å². The van der Waals surface area contributed by atoms with Crippen LogP contribution in [0, 0.1) is 0 Å². The third kappa shape index (κ3) is 4.23. The molecule has 1 aromatic rings. The molecule has 0 bridgehead atoms. The van der Waals surface area contributed by atoms with E-state index in [9.17, 15) is 0 Å². The van der Waals surface area contributed by atoms with Gasteiger partial charge < -0.3 is 5.32 Å². The number of halogens is 1. The molecule has 0 saturated carbocycles. The van der Waals surface area contributed by atoms with E-state index in [1.807, 2.05) is 12.1 Å². The van der Waals surface area contributed by atoms with E-state index in [4.69, 9.17) is 11.6 Å². The first-order valence-electron chi connectivity index (χ1n) is 5.76. The second kappa shape index (κ2) is 6.86. The largest absolute Gasteiger partial charge is 0.310 e. The molecule has 0 aliphatic rings. The van der Waals surface area contributed by atoms with Gasteiger partial charge in [-0.1, -0.05) is 44.0 Å². The Hall–Kier alpha value is -0.530. The lowest BCUT2D eigenvalue weighted by atomic mass is 10.0. The first-order valence-corrected chi connectivity index (χ1v) is 6.14. The topological polar surface area (TPSA) is 12.0 Å². The molecule has 1 rings (SSSR count). The first-order chi connectivity index (χ1) is 7.27. The molecule has 1 atom stereocenters. The van der Waals surface area contributed by atoms with Crippen LogP contribution in [0.3, 0.4) is 0 Å². The molecule has 0 aliphatic carbocycles. The summed E-state index contributed by atoms with van der Waals surface area (Å²) in [5.74, 6) is 0. The van der Waals surface area contributed by atoms with Gasteiger partial charge in [0.2, 0.25) is 0 Å². The molecule has 0 radical (unpaired) electrons. The van der Waals surface area contributed by atoms with Gasteiger partial charge in [0.25, 0.3) is 0 Å². The Morgan fingerprint density at radius 1 is 1.33 bits per heavy atom. The van der Waals surface area contributed by atoms with E-state index in [0.717, 1.165) is 18.0 Å². The van der Waals surface area contributed by atoms with E-state index in [0.29, 0.717) is 6.04 Å². The number of nitrogens with one attached hydrogen (secondary N) is 1. The molecule has 0 fully saturated rings. The van der Waals surface area contributed by atoms with Gasteiger partial charge in [-0.2, -0.15) is 0 Å². The lowest BCUT2D eigenvalue weighted by Crippen LogP contribution is -2.21. The molecule has 0 aliphatic heterocycles. The van der Waals surface area contributed by atoms with Crippen LogP contribution in [0.15, 0.2) is 24.3 Å². The van der Waals surface area contributed by atoms with Crippen LogP contribution in [-0.2, 0) is 0 Å². The molecule has 0 aromatic heterocycles. The molecule has 0 heterocycles. The molecule has 2 heteroatoms. The Morgan fingerprint density at radius 3 is 2.73 bits per heavy atom. The zero-order valence-corrected chi connectivity index (χ0v) is 10.3. The zero-order chi connectivity index (χ0) is 11.1. The molecule has 15 heavy (non-hydrogen) atoms. The van der Waals surface area contributed by atoms with Crippen molar-refractivity contribution >= 4 is 11.6 Å². The summed E-state index contributed by atoms with van der Waals surface area (Å²) in [6.07, 6.45) is 3.57. The van der Waals surface area contributed by atoms with E-state index in [2.05, 4.69) is 31.3 Å². The number of hydrogen-bond donors (Lipinski definition) is 1. The SMILES string of the molecule is CCCCNC(CC)c1cccc(Cl)c1. The predicted octanol–water partition coefficient (Wildman–Crippen LogP) is 4.18.